The predicted molar refractivity (Wildman–Crippen MR) is 106 cm³/mol. The van der Waals surface area contributed by atoms with Gasteiger partial charge in [-0.25, -0.2) is 0 Å². The highest BCUT2D eigenvalue weighted by Gasteiger charge is 2.37. The van der Waals surface area contributed by atoms with Crippen LogP contribution in [0.5, 0.6) is 0 Å². The van der Waals surface area contributed by atoms with E-state index < -0.39 is 6.29 Å². The Morgan fingerprint density at radius 2 is 2.15 bits per heavy atom. The Bertz CT molecular complexity index is 553. The Morgan fingerprint density at radius 3 is 2.93 bits per heavy atom. The number of carbonyl (C=O) groups excluding carboxylic acids is 1. The molecule has 1 fully saturated rings. The minimum atomic E-state index is -0.604. The quantitative estimate of drug-likeness (QED) is 0.641. The maximum atomic E-state index is 12.1. The summed E-state index contributed by atoms with van der Waals surface area (Å²) in [5.74, 6) is 1.32. The molecule has 0 radical (unpaired) electrons. The second-order valence-corrected chi connectivity index (χ2v) is 8.52. The van der Waals surface area contributed by atoms with Crippen molar-refractivity contribution < 1.29 is 19.4 Å². The lowest BCUT2D eigenvalue weighted by Gasteiger charge is -2.40. The van der Waals surface area contributed by atoms with E-state index in [-0.39, 0.29) is 18.2 Å². The number of hydrogen-bond acceptors (Lipinski definition) is 4. The van der Waals surface area contributed by atoms with Crippen LogP contribution in [0.15, 0.2) is 23.8 Å². The van der Waals surface area contributed by atoms with Crippen molar-refractivity contribution in [3.63, 3.8) is 0 Å². The van der Waals surface area contributed by atoms with Gasteiger partial charge < -0.3 is 14.6 Å². The second kappa shape index (κ2) is 9.88. The summed E-state index contributed by atoms with van der Waals surface area (Å²) in [5.41, 5.74) is 1.35. The number of rotatable bonds is 7. The number of allylic oxidation sites excluding steroid dienone is 3. The zero-order valence-corrected chi connectivity index (χ0v) is 16.9. The number of fused-ring (bicyclic) bond motifs is 1. The summed E-state index contributed by atoms with van der Waals surface area (Å²) < 4.78 is 11.7. The van der Waals surface area contributed by atoms with E-state index >= 15 is 0 Å². The van der Waals surface area contributed by atoms with Gasteiger partial charge in [-0.05, 0) is 62.4 Å². The van der Waals surface area contributed by atoms with E-state index in [0.29, 0.717) is 24.2 Å². The second-order valence-electron chi connectivity index (χ2n) is 8.52. The molecule has 6 unspecified atom stereocenters. The molecule has 1 heterocycles. The van der Waals surface area contributed by atoms with Crippen molar-refractivity contribution in [1.82, 2.24) is 0 Å². The lowest BCUT2D eigenvalue weighted by Crippen LogP contribution is -2.38. The molecule has 27 heavy (non-hydrogen) atoms. The van der Waals surface area contributed by atoms with Crippen molar-refractivity contribution in [3.05, 3.63) is 23.8 Å². The van der Waals surface area contributed by atoms with Crippen molar-refractivity contribution in [2.24, 2.45) is 17.8 Å². The fourth-order valence-electron chi connectivity index (χ4n) is 5.09. The predicted octanol–water partition coefficient (Wildman–Crippen LogP) is 4.91. The van der Waals surface area contributed by atoms with E-state index in [1.165, 1.54) is 5.57 Å². The number of aliphatic hydroxyl groups excluding tert-OH is 1. The Hall–Kier alpha value is -1.13. The average molecular weight is 377 g/mol. The Balaban J connectivity index is 1.61. The van der Waals surface area contributed by atoms with Crippen LogP contribution >= 0.6 is 0 Å². The molecule has 1 N–H and O–H groups in total. The number of aliphatic hydroxyl groups is 1. The van der Waals surface area contributed by atoms with Gasteiger partial charge in [0.15, 0.2) is 6.29 Å². The molecule has 2 aliphatic carbocycles. The maximum Gasteiger partial charge on any atom is 0.306 e. The number of carbonyl (C=O) groups is 1. The highest BCUT2D eigenvalue weighted by Crippen LogP contribution is 2.42. The molecule has 0 spiro atoms. The van der Waals surface area contributed by atoms with Crippen LogP contribution in [-0.4, -0.2) is 29.6 Å². The standard InChI is InChI=1S/C23H36O4/c1-3-7-21(24)27-20-11-6-10-17-8-5-9-18(23(17)20)12-13-19-14-16(4-2)15-22(25)26-19/h5,8,10,16,18-20,22-23,25H,3-4,6-7,9,11-15H2,1-2H3. The first-order valence-corrected chi connectivity index (χ1v) is 11.0. The van der Waals surface area contributed by atoms with Gasteiger partial charge in [0.25, 0.3) is 0 Å². The van der Waals surface area contributed by atoms with Gasteiger partial charge in [-0.1, -0.05) is 38.5 Å². The Morgan fingerprint density at radius 1 is 1.30 bits per heavy atom. The van der Waals surface area contributed by atoms with Crippen molar-refractivity contribution in [2.45, 2.75) is 96.6 Å². The minimum absolute atomic E-state index is 0.0141. The first-order valence-electron chi connectivity index (χ1n) is 11.0. The summed E-state index contributed by atoms with van der Waals surface area (Å²) in [6, 6.07) is 0. The molecule has 3 aliphatic rings. The van der Waals surface area contributed by atoms with Crippen molar-refractivity contribution in [2.75, 3.05) is 0 Å². The van der Waals surface area contributed by atoms with Crippen LogP contribution in [0.4, 0.5) is 0 Å². The van der Waals surface area contributed by atoms with Gasteiger partial charge in [-0.3, -0.25) is 4.79 Å². The highest BCUT2D eigenvalue weighted by atomic mass is 16.6. The van der Waals surface area contributed by atoms with Gasteiger partial charge in [-0.15, -0.1) is 0 Å². The molecule has 4 nitrogen and oxygen atoms in total. The largest absolute Gasteiger partial charge is 0.462 e. The van der Waals surface area contributed by atoms with Crippen molar-refractivity contribution in [3.8, 4) is 0 Å². The molecule has 4 heteroatoms. The Kier molecular flexibility index (Phi) is 7.54. The zero-order chi connectivity index (χ0) is 19.2. The number of ether oxygens (including phenoxy) is 2. The van der Waals surface area contributed by atoms with Gasteiger partial charge in [0, 0.05) is 18.8 Å². The monoisotopic (exact) mass is 376 g/mol. The summed E-state index contributed by atoms with van der Waals surface area (Å²) in [5, 5.41) is 10.00. The van der Waals surface area contributed by atoms with E-state index in [4.69, 9.17) is 9.47 Å². The molecule has 0 aromatic rings. The zero-order valence-electron chi connectivity index (χ0n) is 16.9. The molecule has 0 aromatic heterocycles. The van der Waals surface area contributed by atoms with Gasteiger partial charge in [0.1, 0.15) is 6.10 Å². The van der Waals surface area contributed by atoms with Gasteiger partial charge >= 0.3 is 5.97 Å². The first kappa shape index (κ1) is 20.6. The van der Waals surface area contributed by atoms with Gasteiger partial charge in [0.2, 0.25) is 0 Å². The molecule has 1 aliphatic heterocycles. The Labute approximate surface area is 164 Å². The molecule has 3 rings (SSSR count). The van der Waals surface area contributed by atoms with Crippen LogP contribution in [-0.2, 0) is 14.3 Å². The van der Waals surface area contributed by atoms with E-state index in [9.17, 15) is 9.90 Å². The minimum Gasteiger partial charge on any atom is -0.462 e. The molecule has 1 saturated heterocycles. The summed E-state index contributed by atoms with van der Waals surface area (Å²) in [6.45, 7) is 4.21. The van der Waals surface area contributed by atoms with Crippen LogP contribution in [0.1, 0.15) is 78.1 Å². The molecule has 0 bridgehead atoms. The SMILES string of the molecule is CCCC(=O)OC1CCC=C2C=CCC(CCC3CC(CC)CC(O)O3)C21. The number of hydrogen-bond donors (Lipinski definition) is 1. The molecular weight excluding hydrogens is 340 g/mol. The molecule has 0 amide bonds. The fourth-order valence-corrected chi connectivity index (χ4v) is 5.09. The van der Waals surface area contributed by atoms with Gasteiger partial charge in [-0.2, -0.15) is 0 Å². The number of esters is 1. The third-order valence-electron chi connectivity index (χ3n) is 6.53. The topological polar surface area (TPSA) is 55.8 Å². The van der Waals surface area contributed by atoms with Crippen molar-refractivity contribution in [1.29, 1.82) is 0 Å². The van der Waals surface area contributed by atoms with Crippen molar-refractivity contribution >= 4 is 5.97 Å². The smallest absolute Gasteiger partial charge is 0.306 e. The maximum absolute atomic E-state index is 12.1. The van der Waals surface area contributed by atoms with Crippen LogP contribution in [0.25, 0.3) is 0 Å². The fraction of sp³-hybridized carbons (Fsp3) is 0.783. The summed E-state index contributed by atoms with van der Waals surface area (Å²) >= 11 is 0. The van der Waals surface area contributed by atoms with E-state index in [0.717, 1.165) is 57.8 Å². The van der Waals surface area contributed by atoms with Crippen LogP contribution in [0, 0.1) is 17.8 Å². The lowest BCUT2D eigenvalue weighted by atomic mass is 9.70. The van der Waals surface area contributed by atoms with E-state index in [1.807, 2.05) is 6.92 Å². The summed E-state index contributed by atoms with van der Waals surface area (Å²) in [6.07, 6.45) is 15.7. The molecule has 152 valence electrons. The van der Waals surface area contributed by atoms with E-state index in [1.54, 1.807) is 0 Å². The molecule has 0 aromatic carbocycles. The van der Waals surface area contributed by atoms with E-state index in [2.05, 4.69) is 25.2 Å². The van der Waals surface area contributed by atoms with Crippen LogP contribution in [0.2, 0.25) is 0 Å². The molecule has 6 atom stereocenters. The summed E-state index contributed by atoms with van der Waals surface area (Å²) in [4.78, 5) is 12.1. The summed E-state index contributed by atoms with van der Waals surface area (Å²) in [7, 11) is 0. The third kappa shape index (κ3) is 5.45. The van der Waals surface area contributed by atoms with Gasteiger partial charge in [0.05, 0.1) is 6.10 Å². The first-order chi connectivity index (χ1) is 13.1. The molecular formula is C23H36O4. The molecule has 0 saturated carbocycles. The normalized spacial score (nSPS) is 36.0. The van der Waals surface area contributed by atoms with Crippen LogP contribution in [0.3, 0.4) is 0 Å². The lowest BCUT2D eigenvalue weighted by molar-refractivity contribution is -0.180. The highest BCUT2D eigenvalue weighted by molar-refractivity contribution is 5.69. The average Bonchev–Trinajstić information content (AvgIpc) is 2.66. The van der Waals surface area contributed by atoms with Crippen LogP contribution < -0.4 is 0 Å². The third-order valence-corrected chi connectivity index (χ3v) is 6.53.